The molecule has 9 unspecified atom stereocenters. The van der Waals surface area contributed by atoms with Crippen LogP contribution < -0.4 is 93.7 Å². The lowest BCUT2D eigenvalue weighted by atomic mass is 10.1. The molecule has 74 heavy (non-hydrogen) atoms. The monoisotopic (exact) mass is 1110 g/mol. The van der Waals surface area contributed by atoms with E-state index in [-0.39, 0.29) is 74.5 Å². The summed E-state index contributed by atoms with van der Waals surface area (Å²) in [5.41, 5.74) is 43.6. The van der Waals surface area contributed by atoms with Gasteiger partial charge in [-0.15, -0.1) is 0 Å². The number of hydrogen-bond acceptors (Lipinski definition) is 20. The van der Waals surface area contributed by atoms with Gasteiger partial charge < -0.3 is 104 Å². The molecule has 0 rings (SSSR count). The molecule has 0 aliphatic heterocycles. The lowest BCUT2D eigenvalue weighted by molar-refractivity contribution is -0.134. The Bertz CT molecular complexity index is 1930. The quantitative estimate of drug-likeness (QED) is 0.00676. The number of primary amides is 2. The van der Waals surface area contributed by atoms with E-state index in [9.17, 15) is 57.8 Å². The third-order valence-electron chi connectivity index (χ3n) is 9.99. The third kappa shape index (κ3) is 30.1. The largest absolute Gasteiger partial charge is 0.391 e. The van der Waals surface area contributed by atoms with Crippen molar-refractivity contribution in [1.82, 2.24) is 47.9 Å². The van der Waals surface area contributed by atoms with Crippen LogP contribution in [0.3, 0.4) is 0 Å². The van der Waals surface area contributed by atoms with E-state index in [1.54, 1.807) is 0 Å². The number of carbonyl (C=O) groups is 11. The second-order valence-electron chi connectivity index (χ2n) is 16.2. The van der Waals surface area contributed by atoms with Crippen LogP contribution in [0.25, 0.3) is 0 Å². The Morgan fingerprint density at radius 2 is 1.08 bits per heavy atom. The summed E-state index contributed by atoms with van der Waals surface area (Å²) in [6, 6.07) is -9.98. The van der Waals surface area contributed by atoms with Gasteiger partial charge in [0.25, 0.3) is 0 Å². The summed E-state index contributed by atoms with van der Waals surface area (Å²) in [7, 11) is 3.31. The van der Waals surface area contributed by atoms with Gasteiger partial charge in [-0.1, -0.05) is 21.6 Å². The number of hydrogen-bond donors (Lipinski definition) is 19. The number of nitrogens with zero attached hydrogens (tertiary/aromatic N) is 2. The Morgan fingerprint density at radius 1 is 0.608 bits per heavy atom. The number of amides is 10. The maximum atomic E-state index is 13.5. The highest BCUT2D eigenvalue weighted by Gasteiger charge is 2.31. The third-order valence-corrected chi connectivity index (χ3v) is 12.8. The molecule has 34 heteroatoms. The molecule has 31 nitrogen and oxygen atoms in total. The van der Waals surface area contributed by atoms with E-state index < -0.39 is 133 Å². The lowest BCUT2D eigenvalue weighted by Crippen LogP contribution is -2.57. The average Bonchev–Trinajstić information content (AvgIpc) is 3.33. The number of aliphatic hydroxyl groups is 1. The van der Waals surface area contributed by atoms with Gasteiger partial charge in [-0.05, 0) is 65.5 Å². The molecule has 0 spiro atoms. The van der Waals surface area contributed by atoms with Gasteiger partial charge in [0.15, 0.2) is 11.9 Å². The van der Waals surface area contributed by atoms with Gasteiger partial charge in [-0.2, -0.15) is 12.6 Å². The van der Waals surface area contributed by atoms with E-state index >= 15 is 0 Å². The first kappa shape index (κ1) is 67.8. The Morgan fingerprint density at radius 3 is 1.57 bits per heavy atom. The minimum Gasteiger partial charge on any atom is -0.391 e. The molecule has 0 radical (unpaired) electrons. The smallest absolute Gasteiger partial charge is 0.243 e. The van der Waals surface area contributed by atoms with Gasteiger partial charge in [-0.25, -0.2) is 0 Å². The van der Waals surface area contributed by atoms with Crippen LogP contribution in [0.1, 0.15) is 58.3 Å². The van der Waals surface area contributed by atoms with Crippen molar-refractivity contribution in [2.45, 2.75) is 113 Å². The number of aliphatic imine (C=N–C) groups is 2. The van der Waals surface area contributed by atoms with Crippen molar-refractivity contribution >= 4 is 111 Å². The number of carbonyl (C=O) groups excluding carboxylic acids is 11. The molecule has 0 aliphatic rings. The molecule has 26 N–H and O–H groups in total. The van der Waals surface area contributed by atoms with Gasteiger partial charge in [0.05, 0.1) is 37.7 Å². The van der Waals surface area contributed by atoms with Gasteiger partial charge >= 0.3 is 0 Å². The SMILES string of the molecule is CNC(C(=O)NC(CCCN=C(N)N)C(=O)NCC(=O)NC(CSSCC(NC(=O)C(N)CS)C(=O)NCC(=O)NC(CC(N)=O)C(=O)NC(CCCCN)C(=O)NC(C=O)CCCN=C(N)N)C(N)=O)C(C)O. The lowest BCUT2D eigenvalue weighted by Gasteiger charge is -2.24. The Balaban J connectivity index is 5.81. The van der Waals surface area contributed by atoms with E-state index in [0.717, 1.165) is 21.6 Å². The molecular formula is C40H75N19O12S3. The molecular weight excluding hydrogens is 1030 g/mol. The minimum absolute atomic E-state index is 0.0330. The van der Waals surface area contributed by atoms with Crippen LogP contribution in [0.15, 0.2) is 9.98 Å². The maximum absolute atomic E-state index is 13.5. The van der Waals surface area contributed by atoms with E-state index in [2.05, 4.69) is 70.5 Å². The fourth-order valence-corrected chi connectivity index (χ4v) is 8.60. The summed E-state index contributed by atoms with van der Waals surface area (Å²) < 4.78 is 0. The second-order valence-corrected chi connectivity index (χ2v) is 19.1. The number of aldehydes is 1. The Kier molecular flexibility index (Phi) is 35.2. The standard InChI is InChI=1S/C40H75N19O12S3/c1-20(61)31(49-2)38(71)58-23(9-6-12-51-40(47)48)34(67)52-15-30(64)56-26(32(44)65)18-73-74-19-27(59-33(66)22(42)17-72)35(68)53-14-29(63)55-25(13-28(43)62)37(70)57-24(8-3-4-10-41)36(69)54-21(16-60)7-5-11-50-39(45)46/h16,20-27,31,49,61,72H,3-15,17-19,41-42H2,1-2H3,(H2,43,62)(H2,44,65)(H,52,67)(H,53,68)(H,54,69)(H,55,63)(H,56,64)(H,57,70)(H,58,71)(H,59,66)(H4,45,46,50)(H4,47,48,51). The molecule has 0 aromatic heterocycles. The summed E-state index contributed by atoms with van der Waals surface area (Å²) in [5.74, 6) is -9.64. The van der Waals surface area contributed by atoms with E-state index in [1.165, 1.54) is 14.0 Å². The number of likely N-dealkylation sites (N-methyl/N-ethyl adjacent to an activating group) is 1. The average molecular weight is 1110 g/mol. The molecule has 9 atom stereocenters. The van der Waals surface area contributed by atoms with Crippen molar-refractivity contribution in [3.05, 3.63) is 0 Å². The fraction of sp³-hybridized carbons (Fsp3) is 0.675. The number of aliphatic hydroxyl groups excluding tert-OH is 1. The number of rotatable bonds is 40. The van der Waals surface area contributed by atoms with Crippen LogP contribution in [-0.4, -0.2) is 194 Å². The predicted octanol–water partition coefficient (Wildman–Crippen LogP) is -9.47. The summed E-state index contributed by atoms with van der Waals surface area (Å²) in [6.07, 6.45) is 0.297. The zero-order chi connectivity index (χ0) is 56.3. The molecule has 0 bridgehead atoms. The first-order valence-electron chi connectivity index (χ1n) is 23.1. The number of nitrogens with two attached hydrogens (primary N) is 8. The van der Waals surface area contributed by atoms with Gasteiger partial charge in [0.1, 0.15) is 42.5 Å². The normalized spacial score (nSPS) is 14.5. The molecule has 0 fully saturated rings. The van der Waals surface area contributed by atoms with Crippen LogP contribution in [0.2, 0.25) is 0 Å². The topological polar surface area (TPSA) is 549 Å². The second kappa shape index (κ2) is 38.4. The van der Waals surface area contributed by atoms with Crippen LogP contribution >= 0.6 is 34.2 Å². The molecule has 0 aliphatic carbocycles. The molecule has 0 heterocycles. The van der Waals surface area contributed by atoms with Crippen molar-refractivity contribution in [2.75, 3.05) is 57.0 Å². The van der Waals surface area contributed by atoms with Gasteiger partial charge in [0, 0.05) is 30.3 Å². The summed E-state index contributed by atoms with van der Waals surface area (Å²) in [6.45, 7) is 0.476. The molecule has 0 aromatic rings. The first-order chi connectivity index (χ1) is 34.9. The van der Waals surface area contributed by atoms with Crippen LogP contribution in [-0.2, 0) is 52.7 Å². The van der Waals surface area contributed by atoms with Gasteiger partial charge in [-0.3, -0.25) is 57.9 Å². The van der Waals surface area contributed by atoms with Gasteiger partial charge in [0.2, 0.25) is 59.1 Å². The highest BCUT2D eigenvalue weighted by atomic mass is 33.1. The first-order valence-corrected chi connectivity index (χ1v) is 26.2. The van der Waals surface area contributed by atoms with Crippen LogP contribution in [0.4, 0.5) is 0 Å². The summed E-state index contributed by atoms with van der Waals surface area (Å²) >= 11 is 4.00. The fourth-order valence-electron chi connectivity index (χ4n) is 6.09. The Labute approximate surface area is 441 Å². The van der Waals surface area contributed by atoms with Crippen molar-refractivity contribution in [2.24, 2.45) is 55.9 Å². The molecule has 0 aromatic carbocycles. The van der Waals surface area contributed by atoms with E-state index in [1.807, 2.05) is 0 Å². The highest BCUT2D eigenvalue weighted by molar-refractivity contribution is 8.76. The van der Waals surface area contributed by atoms with E-state index in [0.29, 0.717) is 25.5 Å². The van der Waals surface area contributed by atoms with Crippen LogP contribution in [0, 0.1) is 0 Å². The molecule has 0 saturated heterocycles. The number of unbranched alkanes of at least 4 members (excludes halogenated alkanes) is 1. The number of nitrogens with one attached hydrogen (secondary N) is 9. The molecule has 0 saturated carbocycles. The molecule has 10 amide bonds. The number of thiol groups is 1. The zero-order valence-electron chi connectivity index (χ0n) is 41.3. The van der Waals surface area contributed by atoms with E-state index in [4.69, 9.17) is 45.9 Å². The van der Waals surface area contributed by atoms with Crippen molar-refractivity contribution in [3.63, 3.8) is 0 Å². The number of guanidine groups is 2. The van der Waals surface area contributed by atoms with Crippen molar-refractivity contribution in [1.29, 1.82) is 0 Å². The highest BCUT2D eigenvalue weighted by Crippen LogP contribution is 2.23. The van der Waals surface area contributed by atoms with Crippen molar-refractivity contribution in [3.8, 4) is 0 Å². The molecule has 420 valence electrons. The summed E-state index contributed by atoms with van der Waals surface area (Å²) in [5, 5.41) is 31.9. The zero-order valence-corrected chi connectivity index (χ0v) is 43.8. The predicted molar refractivity (Wildman–Crippen MR) is 281 cm³/mol. The minimum atomic E-state index is -1.64. The van der Waals surface area contributed by atoms with Crippen LogP contribution in [0.5, 0.6) is 0 Å². The summed E-state index contributed by atoms with van der Waals surface area (Å²) in [4.78, 5) is 148. The maximum Gasteiger partial charge on any atom is 0.243 e. The van der Waals surface area contributed by atoms with Crippen molar-refractivity contribution < 1.29 is 57.8 Å². The Hall–Kier alpha value is -6.20.